The summed E-state index contributed by atoms with van der Waals surface area (Å²) in [5.74, 6) is -1.61. The molecule has 1 aromatic rings. The summed E-state index contributed by atoms with van der Waals surface area (Å²) in [6.45, 7) is 0. The maximum Gasteiger partial charge on any atom is 0.305 e. The number of halogens is 1. The van der Waals surface area contributed by atoms with Crippen LogP contribution in [0.1, 0.15) is 18.0 Å². The van der Waals surface area contributed by atoms with Gasteiger partial charge in [-0.1, -0.05) is 12.1 Å². The first-order chi connectivity index (χ1) is 7.78. The van der Waals surface area contributed by atoms with E-state index in [0.717, 1.165) is 18.4 Å². The third-order valence-electron chi connectivity index (χ3n) is 2.01. The zero-order valence-corrected chi connectivity index (χ0v) is 9.87. The molecular formula is C10H12FNO4S. The molecule has 0 amide bonds. The van der Waals surface area contributed by atoms with Crippen molar-refractivity contribution in [2.24, 2.45) is 0 Å². The van der Waals surface area contributed by atoms with Crippen molar-refractivity contribution >= 4 is 16.0 Å². The van der Waals surface area contributed by atoms with Crippen LogP contribution in [-0.2, 0) is 14.8 Å². The molecule has 0 saturated heterocycles. The lowest BCUT2D eigenvalue weighted by Crippen LogP contribution is -2.29. The Morgan fingerprint density at radius 1 is 1.41 bits per heavy atom. The van der Waals surface area contributed by atoms with E-state index >= 15 is 0 Å². The average molecular weight is 261 g/mol. The van der Waals surface area contributed by atoms with Gasteiger partial charge in [-0.2, -0.15) is 0 Å². The van der Waals surface area contributed by atoms with Gasteiger partial charge in [0.1, 0.15) is 5.82 Å². The van der Waals surface area contributed by atoms with E-state index in [-0.39, 0.29) is 0 Å². The van der Waals surface area contributed by atoms with E-state index in [9.17, 15) is 17.6 Å². The Labute approximate surface area is 98.3 Å². The molecule has 0 heterocycles. The Hall–Kier alpha value is -1.47. The Kier molecular flexibility index (Phi) is 4.19. The molecule has 0 radical (unpaired) electrons. The molecule has 1 rings (SSSR count). The van der Waals surface area contributed by atoms with Crippen molar-refractivity contribution in [1.82, 2.24) is 4.72 Å². The maximum atomic E-state index is 12.7. The van der Waals surface area contributed by atoms with Gasteiger partial charge in [0.15, 0.2) is 0 Å². The number of hydrogen-bond acceptors (Lipinski definition) is 3. The van der Waals surface area contributed by atoms with Crippen LogP contribution in [0, 0.1) is 5.82 Å². The monoisotopic (exact) mass is 261 g/mol. The molecule has 0 aromatic heterocycles. The highest BCUT2D eigenvalue weighted by atomic mass is 32.2. The fraction of sp³-hybridized carbons (Fsp3) is 0.300. The minimum atomic E-state index is -3.53. The van der Waals surface area contributed by atoms with Gasteiger partial charge in [-0.15, -0.1) is 0 Å². The Bertz CT molecular complexity index is 498. The predicted octanol–water partition coefficient (Wildman–Crippen LogP) is 0.891. The van der Waals surface area contributed by atoms with Crippen molar-refractivity contribution < 1.29 is 22.7 Å². The second kappa shape index (κ2) is 5.24. The minimum Gasteiger partial charge on any atom is -0.481 e. The van der Waals surface area contributed by atoms with Crippen LogP contribution in [0.2, 0.25) is 0 Å². The smallest absolute Gasteiger partial charge is 0.305 e. The molecule has 94 valence electrons. The SMILES string of the molecule is CS(=O)(=O)NC(CC(=O)O)c1ccc(F)cc1. The Balaban J connectivity index is 2.97. The number of carboxylic acids is 1. The van der Waals surface area contributed by atoms with Gasteiger partial charge < -0.3 is 5.11 Å². The van der Waals surface area contributed by atoms with E-state index in [1.165, 1.54) is 12.1 Å². The van der Waals surface area contributed by atoms with Crippen molar-refractivity contribution in [2.45, 2.75) is 12.5 Å². The number of sulfonamides is 1. The predicted molar refractivity (Wildman–Crippen MR) is 59.4 cm³/mol. The van der Waals surface area contributed by atoms with Crippen molar-refractivity contribution in [2.75, 3.05) is 6.26 Å². The van der Waals surface area contributed by atoms with Gasteiger partial charge in [0.2, 0.25) is 10.0 Å². The summed E-state index contributed by atoms with van der Waals surface area (Å²) in [4.78, 5) is 10.6. The van der Waals surface area contributed by atoms with Crippen LogP contribution in [0.4, 0.5) is 4.39 Å². The molecule has 0 bridgehead atoms. The zero-order chi connectivity index (χ0) is 13.1. The van der Waals surface area contributed by atoms with Gasteiger partial charge in [0.05, 0.1) is 18.7 Å². The summed E-state index contributed by atoms with van der Waals surface area (Å²) in [7, 11) is -3.53. The summed E-state index contributed by atoms with van der Waals surface area (Å²) in [5.41, 5.74) is 0.402. The minimum absolute atomic E-state index is 0.402. The van der Waals surface area contributed by atoms with Crippen LogP contribution in [0.3, 0.4) is 0 Å². The summed E-state index contributed by atoms with van der Waals surface area (Å²) in [6.07, 6.45) is 0.532. The lowest BCUT2D eigenvalue weighted by molar-refractivity contribution is -0.137. The van der Waals surface area contributed by atoms with Crippen LogP contribution in [0.25, 0.3) is 0 Å². The molecule has 1 aromatic carbocycles. The molecule has 0 spiro atoms. The quantitative estimate of drug-likeness (QED) is 0.824. The van der Waals surface area contributed by atoms with E-state index in [4.69, 9.17) is 5.11 Å². The van der Waals surface area contributed by atoms with Crippen LogP contribution in [-0.4, -0.2) is 25.7 Å². The van der Waals surface area contributed by atoms with Crippen molar-refractivity contribution in [3.05, 3.63) is 35.6 Å². The van der Waals surface area contributed by atoms with E-state index in [2.05, 4.69) is 4.72 Å². The Morgan fingerprint density at radius 3 is 2.35 bits per heavy atom. The van der Waals surface area contributed by atoms with Crippen molar-refractivity contribution in [1.29, 1.82) is 0 Å². The van der Waals surface area contributed by atoms with Gasteiger partial charge in [0.25, 0.3) is 0 Å². The highest BCUT2D eigenvalue weighted by Gasteiger charge is 2.19. The van der Waals surface area contributed by atoms with E-state index in [0.29, 0.717) is 5.56 Å². The van der Waals surface area contributed by atoms with Crippen LogP contribution in [0.5, 0.6) is 0 Å². The molecule has 0 fully saturated rings. The standard InChI is InChI=1S/C10H12FNO4S/c1-17(15,16)12-9(6-10(13)14)7-2-4-8(11)5-3-7/h2-5,9,12H,6H2,1H3,(H,13,14). The summed E-state index contributed by atoms with van der Waals surface area (Å²) < 4.78 is 37.1. The number of carbonyl (C=O) groups is 1. The largest absolute Gasteiger partial charge is 0.481 e. The van der Waals surface area contributed by atoms with Crippen LogP contribution < -0.4 is 4.72 Å². The highest BCUT2D eigenvalue weighted by molar-refractivity contribution is 7.88. The van der Waals surface area contributed by atoms with Crippen LogP contribution in [0.15, 0.2) is 24.3 Å². The Morgan fingerprint density at radius 2 is 1.94 bits per heavy atom. The van der Waals surface area contributed by atoms with Gasteiger partial charge >= 0.3 is 5.97 Å². The van der Waals surface area contributed by atoms with Crippen molar-refractivity contribution in [3.8, 4) is 0 Å². The van der Waals surface area contributed by atoms with E-state index in [1.807, 2.05) is 0 Å². The van der Waals surface area contributed by atoms with Gasteiger partial charge in [-0.05, 0) is 17.7 Å². The highest BCUT2D eigenvalue weighted by Crippen LogP contribution is 2.18. The summed E-state index contributed by atoms with van der Waals surface area (Å²) in [5, 5.41) is 8.69. The van der Waals surface area contributed by atoms with Gasteiger partial charge in [-0.25, -0.2) is 17.5 Å². The molecule has 5 nitrogen and oxygen atoms in total. The summed E-state index contributed by atoms with van der Waals surface area (Å²) in [6, 6.07) is 4.09. The number of rotatable bonds is 5. The molecule has 0 saturated carbocycles. The average Bonchev–Trinajstić information content (AvgIpc) is 2.14. The fourth-order valence-corrected chi connectivity index (χ4v) is 2.09. The number of nitrogens with one attached hydrogen (secondary N) is 1. The first-order valence-electron chi connectivity index (χ1n) is 4.72. The third-order valence-corrected chi connectivity index (χ3v) is 2.72. The maximum absolute atomic E-state index is 12.7. The lowest BCUT2D eigenvalue weighted by Gasteiger charge is -2.15. The lowest BCUT2D eigenvalue weighted by atomic mass is 10.1. The van der Waals surface area contributed by atoms with Gasteiger partial charge in [0, 0.05) is 0 Å². The second-order valence-corrected chi connectivity index (χ2v) is 5.37. The number of aliphatic carboxylic acids is 1. The number of benzene rings is 1. The first kappa shape index (κ1) is 13.6. The molecule has 1 atom stereocenters. The fourth-order valence-electron chi connectivity index (χ4n) is 1.36. The molecular weight excluding hydrogens is 249 g/mol. The van der Waals surface area contributed by atoms with Crippen molar-refractivity contribution in [3.63, 3.8) is 0 Å². The topological polar surface area (TPSA) is 83.5 Å². The molecule has 1 unspecified atom stereocenters. The molecule has 0 aliphatic rings. The number of hydrogen-bond donors (Lipinski definition) is 2. The summed E-state index contributed by atoms with van der Waals surface area (Å²) >= 11 is 0. The molecule has 0 aliphatic carbocycles. The van der Waals surface area contributed by atoms with Crippen LogP contribution >= 0.6 is 0 Å². The van der Waals surface area contributed by atoms with Gasteiger partial charge in [-0.3, -0.25) is 4.79 Å². The first-order valence-corrected chi connectivity index (χ1v) is 6.61. The molecule has 17 heavy (non-hydrogen) atoms. The third kappa shape index (κ3) is 4.92. The normalized spacial score (nSPS) is 13.3. The second-order valence-electron chi connectivity index (χ2n) is 3.59. The van der Waals surface area contributed by atoms with E-state index in [1.54, 1.807) is 0 Å². The molecule has 2 N–H and O–H groups in total. The molecule has 0 aliphatic heterocycles. The number of carboxylic acid groups (broad SMARTS) is 1. The zero-order valence-electron chi connectivity index (χ0n) is 9.05. The molecule has 7 heteroatoms. The van der Waals surface area contributed by atoms with E-state index < -0.39 is 34.3 Å².